The minimum Gasteiger partial charge on any atom is -0.349 e. The van der Waals surface area contributed by atoms with Crippen molar-refractivity contribution in [1.29, 1.82) is 0 Å². The van der Waals surface area contributed by atoms with Crippen LogP contribution in [0.1, 0.15) is 38.3 Å². The molecule has 2 heterocycles. The van der Waals surface area contributed by atoms with Crippen LogP contribution in [0.25, 0.3) is 0 Å². The number of benzene rings is 1. The van der Waals surface area contributed by atoms with E-state index in [1.807, 2.05) is 43.0 Å². The predicted octanol–water partition coefficient (Wildman–Crippen LogP) is 1.85. The number of carbonyl (C=O) groups excluding carboxylic acids is 2. The van der Waals surface area contributed by atoms with Gasteiger partial charge in [-0.1, -0.05) is 19.1 Å². The Kier molecular flexibility index (Phi) is 4.66. The molecule has 124 valence electrons. The molecule has 0 spiro atoms. The zero-order valence-corrected chi connectivity index (χ0v) is 13.8. The van der Waals surface area contributed by atoms with Crippen molar-refractivity contribution in [2.24, 2.45) is 11.8 Å². The maximum Gasteiger partial charge on any atom is 0.227 e. The van der Waals surface area contributed by atoms with E-state index in [0.717, 1.165) is 37.3 Å². The Labute approximate surface area is 137 Å². The molecule has 1 aromatic rings. The second-order valence-corrected chi connectivity index (χ2v) is 6.68. The zero-order chi connectivity index (χ0) is 16.4. The third-order valence-corrected chi connectivity index (χ3v) is 5.07. The third kappa shape index (κ3) is 3.39. The Bertz CT molecular complexity index is 580. The van der Waals surface area contributed by atoms with Crippen molar-refractivity contribution >= 4 is 17.5 Å². The molecule has 2 N–H and O–H groups in total. The van der Waals surface area contributed by atoms with Crippen molar-refractivity contribution in [2.45, 2.75) is 32.7 Å². The van der Waals surface area contributed by atoms with E-state index in [4.69, 9.17) is 0 Å². The normalized spacial score (nSPS) is 21.0. The van der Waals surface area contributed by atoms with E-state index in [0.29, 0.717) is 12.3 Å². The Balaban J connectivity index is 1.59. The van der Waals surface area contributed by atoms with Gasteiger partial charge in [-0.15, -0.1) is 0 Å². The monoisotopic (exact) mass is 315 g/mol. The summed E-state index contributed by atoms with van der Waals surface area (Å²) in [6, 6.07) is 7.92. The van der Waals surface area contributed by atoms with Crippen molar-refractivity contribution in [1.82, 2.24) is 10.6 Å². The summed E-state index contributed by atoms with van der Waals surface area (Å²) in [5, 5.41) is 6.30. The van der Waals surface area contributed by atoms with Gasteiger partial charge >= 0.3 is 0 Å². The first-order valence-electron chi connectivity index (χ1n) is 8.47. The first kappa shape index (κ1) is 16.0. The molecule has 0 aliphatic carbocycles. The van der Waals surface area contributed by atoms with Crippen LogP contribution in [0.3, 0.4) is 0 Å². The summed E-state index contributed by atoms with van der Waals surface area (Å²) < 4.78 is 0. The molecule has 2 unspecified atom stereocenters. The van der Waals surface area contributed by atoms with Crippen LogP contribution in [0, 0.1) is 11.8 Å². The second kappa shape index (κ2) is 6.71. The third-order valence-electron chi connectivity index (χ3n) is 5.07. The highest BCUT2D eigenvalue weighted by Gasteiger charge is 2.29. The molecule has 2 fully saturated rings. The summed E-state index contributed by atoms with van der Waals surface area (Å²) in [5.74, 6) is 0.802. The van der Waals surface area contributed by atoms with Crippen molar-refractivity contribution in [3.05, 3.63) is 29.8 Å². The van der Waals surface area contributed by atoms with Crippen LogP contribution in [0.4, 0.5) is 5.69 Å². The summed E-state index contributed by atoms with van der Waals surface area (Å²) in [7, 11) is 0. The largest absolute Gasteiger partial charge is 0.349 e. The highest BCUT2D eigenvalue weighted by molar-refractivity contribution is 5.95. The lowest BCUT2D eigenvalue weighted by Gasteiger charge is -2.32. The van der Waals surface area contributed by atoms with Crippen molar-refractivity contribution in [2.75, 3.05) is 24.5 Å². The molecule has 0 aromatic heterocycles. The number of rotatable bonds is 5. The van der Waals surface area contributed by atoms with Gasteiger partial charge < -0.3 is 15.5 Å². The Morgan fingerprint density at radius 3 is 2.48 bits per heavy atom. The number of nitrogens with one attached hydrogen (secondary N) is 2. The summed E-state index contributed by atoms with van der Waals surface area (Å²) in [4.78, 5) is 25.9. The van der Waals surface area contributed by atoms with E-state index < -0.39 is 0 Å². The quantitative estimate of drug-likeness (QED) is 0.872. The summed E-state index contributed by atoms with van der Waals surface area (Å²) in [5.41, 5.74) is 2.01. The van der Waals surface area contributed by atoms with Gasteiger partial charge in [0.15, 0.2) is 0 Å². The number of amides is 2. The van der Waals surface area contributed by atoms with E-state index in [9.17, 15) is 9.59 Å². The summed E-state index contributed by atoms with van der Waals surface area (Å²) >= 11 is 0. The molecule has 2 saturated heterocycles. The standard InChI is InChI=1S/C18H25N3O2/c1-12(15-10-19-11-15)18(23)20-13(2)14-5-7-16(8-6-14)21-9-3-4-17(21)22/h5-8,12-13,15,19H,3-4,9-11H2,1-2H3,(H,20,23). The highest BCUT2D eigenvalue weighted by atomic mass is 16.2. The van der Waals surface area contributed by atoms with Gasteiger partial charge in [-0.05, 0) is 50.0 Å². The maximum absolute atomic E-state index is 12.3. The lowest BCUT2D eigenvalue weighted by molar-refractivity contribution is -0.127. The molecule has 5 heteroatoms. The van der Waals surface area contributed by atoms with Crippen molar-refractivity contribution in [3.63, 3.8) is 0 Å². The second-order valence-electron chi connectivity index (χ2n) is 6.68. The molecule has 2 atom stereocenters. The van der Waals surface area contributed by atoms with Gasteiger partial charge in [0.2, 0.25) is 11.8 Å². The van der Waals surface area contributed by atoms with Crippen LogP contribution in [0.2, 0.25) is 0 Å². The highest BCUT2D eigenvalue weighted by Crippen LogP contribution is 2.24. The molecule has 0 bridgehead atoms. The zero-order valence-electron chi connectivity index (χ0n) is 13.8. The molecular weight excluding hydrogens is 290 g/mol. The topological polar surface area (TPSA) is 61.4 Å². The Hall–Kier alpha value is -1.88. The van der Waals surface area contributed by atoms with Crippen LogP contribution >= 0.6 is 0 Å². The van der Waals surface area contributed by atoms with Crippen LogP contribution in [-0.2, 0) is 9.59 Å². The fourth-order valence-corrected chi connectivity index (χ4v) is 3.17. The molecule has 3 rings (SSSR count). The lowest BCUT2D eigenvalue weighted by atomic mass is 9.88. The van der Waals surface area contributed by atoms with Crippen LogP contribution in [-0.4, -0.2) is 31.4 Å². The molecule has 1 aromatic carbocycles. The fourth-order valence-electron chi connectivity index (χ4n) is 3.17. The smallest absolute Gasteiger partial charge is 0.227 e. The first-order valence-corrected chi connectivity index (χ1v) is 8.47. The van der Waals surface area contributed by atoms with Crippen LogP contribution < -0.4 is 15.5 Å². The van der Waals surface area contributed by atoms with E-state index in [1.54, 1.807) is 0 Å². The number of hydrogen-bond donors (Lipinski definition) is 2. The van der Waals surface area contributed by atoms with E-state index in [1.165, 1.54) is 0 Å². The van der Waals surface area contributed by atoms with Crippen molar-refractivity contribution < 1.29 is 9.59 Å². The number of nitrogens with zero attached hydrogens (tertiary/aromatic N) is 1. The number of anilines is 1. The molecule has 2 amide bonds. The fraction of sp³-hybridized carbons (Fsp3) is 0.556. The summed E-state index contributed by atoms with van der Waals surface area (Å²) in [6.07, 6.45) is 1.57. The van der Waals surface area contributed by atoms with E-state index in [-0.39, 0.29) is 23.8 Å². The number of carbonyl (C=O) groups is 2. The number of hydrogen-bond acceptors (Lipinski definition) is 3. The lowest BCUT2D eigenvalue weighted by Crippen LogP contribution is -2.49. The minimum atomic E-state index is -0.0266. The van der Waals surface area contributed by atoms with Gasteiger partial charge in [0.05, 0.1) is 6.04 Å². The van der Waals surface area contributed by atoms with Gasteiger partial charge in [-0.25, -0.2) is 0 Å². The van der Waals surface area contributed by atoms with E-state index in [2.05, 4.69) is 10.6 Å². The van der Waals surface area contributed by atoms with Crippen LogP contribution in [0.5, 0.6) is 0 Å². The van der Waals surface area contributed by atoms with Gasteiger partial charge in [0.1, 0.15) is 0 Å². The average molecular weight is 315 g/mol. The SMILES string of the molecule is CC(NC(=O)C(C)C1CNC1)c1ccc(N2CCCC2=O)cc1. The Morgan fingerprint density at radius 2 is 1.96 bits per heavy atom. The molecule has 5 nitrogen and oxygen atoms in total. The molecular formula is C18H25N3O2. The van der Waals surface area contributed by atoms with Gasteiger partial charge in [-0.2, -0.15) is 0 Å². The average Bonchev–Trinajstić information content (AvgIpc) is 2.91. The van der Waals surface area contributed by atoms with Gasteiger partial charge in [0, 0.05) is 24.6 Å². The van der Waals surface area contributed by atoms with Crippen molar-refractivity contribution in [3.8, 4) is 0 Å². The minimum absolute atomic E-state index is 0.0266. The Morgan fingerprint density at radius 1 is 1.26 bits per heavy atom. The van der Waals surface area contributed by atoms with Crippen LogP contribution in [0.15, 0.2) is 24.3 Å². The predicted molar refractivity (Wildman–Crippen MR) is 90.1 cm³/mol. The maximum atomic E-state index is 12.3. The van der Waals surface area contributed by atoms with E-state index >= 15 is 0 Å². The molecule has 23 heavy (non-hydrogen) atoms. The first-order chi connectivity index (χ1) is 11.1. The van der Waals surface area contributed by atoms with Gasteiger partial charge in [0.25, 0.3) is 0 Å². The van der Waals surface area contributed by atoms with Gasteiger partial charge in [-0.3, -0.25) is 9.59 Å². The summed E-state index contributed by atoms with van der Waals surface area (Å²) in [6.45, 7) is 6.66. The molecule has 2 aliphatic heterocycles. The molecule has 0 saturated carbocycles. The molecule has 0 radical (unpaired) electrons. The molecule has 2 aliphatic rings.